The summed E-state index contributed by atoms with van der Waals surface area (Å²) in [6.45, 7) is 14.8. The molecule has 5 rings (SSSR count). The Hall–Kier alpha value is -0.266. The second-order valence-corrected chi connectivity index (χ2v) is 19.1. The Balaban J connectivity index is 1.81. The van der Waals surface area contributed by atoms with Crippen LogP contribution in [0.15, 0.2) is 10.8 Å². The third-order valence-corrected chi connectivity index (χ3v) is 9.02. The lowest BCUT2D eigenvalue weighted by molar-refractivity contribution is 0.462. The third-order valence-electron chi connectivity index (χ3n) is 5.93. The summed E-state index contributed by atoms with van der Waals surface area (Å²) in [6, 6.07) is 0. The first-order chi connectivity index (χ1) is 8.70. The number of rotatable bonds is 1. The standard InChI is InChI=1S/C17H26Si2/c1-18(2,3)8-7-10-13-11-9-12-14(13)15(12)16(11)17(10)19(4,5)6/h11-16H,9H2,1-6H3. The van der Waals surface area contributed by atoms with Crippen molar-refractivity contribution in [1.29, 1.82) is 0 Å². The second kappa shape index (κ2) is 3.31. The van der Waals surface area contributed by atoms with Gasteiger partial charge in [-0.05, 0) is 41.9 Å². The van der Waals surface area contributed by atoms with Crippen molar-refractivity contribution >= 4 is 16.1 Å². The van der Waals surface area contributed by atoms with Gasteiger partial charge in [-0.2, -0.15) is 0 Å². The summed E-state index contributed by atoms with van der Waals surface area (Å²) in [5.41, 5.74) is 5.36. The minimum atomic E-state index is -1.24. The van der Waals surface area contributed by atoms with Crippen LogP contribution in [0.2, 0.25) is 39.3 Å². The van der Waals surface area contributed by atoms with Crippen LogP contribution in [-0.4, -0.2) is 16.1 Å². The lowest BCUT2D eigenvalue weighted by Gasteiger charge is -2.27. The summed E-state index contributed by atoms with van der Waals surface area (Å²) in [6.07, 6.45) is 1.55. The average molecular weight is 287 g/mol. The van der Waals surface area contributed by atoms with E-state index in [1.165, 1.54) is 0 Å². The molecular weight excluding hydrogens is 260 g/mol. The molecule has 0 aliphatic heterocycles. The molecule has 0 amide bonds. The molecule has 4 saturated carbocycles. The van der Waals surface area contributed by atoms with E-state index in [1.807, 2.05) is 5.20 Å². The molecule has 6 unspecified atom stereocenters. The normalized spacial score (nSPS) is 45.6. The Morgan fingerprint density at radius 3 is 2.05 bits per heavy atom. The van der Waals surface area contributed by atoms with Crippen LogP contribution < -0.4 is 0 Å². The molecule has 0 N–H and O–H groups in total. The Bertz CT molecular complexity index is 547. The smallest absolute Gasteiger partial charge is 0.127 e. The van der Waals surface area contributed by atoms with E-state index in [9.17, 15) is 0 Å². The van der Waals surface area contributed by atoms with Crippen LogP contribution in [0.1, 0.15) is 6.42 Å². The molecule has 5 aliphatic carbocycles. The molecule has 0 spiro atoms. The van der Waals surface area contributed by atoms with Crippen LogP contribution in [0.25, 0.3) is 0 Å². The van der Waals surface area contributed by atoms with Gasteiger partial charge in [-0.25, -0.2) is 0 Å². The minimum Gasteiger partial charge on any atom is -0.127 e. The van der Waals surface area contributed by atoms with Crippen molar-refractivity contribution in [2.45, 2.75) is 45.7 Å². The van der Waals surface area contributed by atoms with Gasteiger partial charge >= 0.3 is 0 Å². The molecule has 102 valence electrons. The summed E-state index contributed by atoms with van der Waals surface area (Å²) < 4.78 is 0. The lowest BCUT2D eigenvalue weighted by Crippen LogP contribution is -2.30. The van der Waals surface area contributed by atoms with E-state index in [1.54, 1.807) is 12.0 Å². The molecule has 0 aromatic carbocycles. The van der Waals surface area contributed by atoms with Gasteiger partial charge < -0.3 is 0 Å². The average Bonchev–Trinajstić information content (AvgIpc) is 2.64. The van der Waals surface area contributed by atoms with Crippen molar-refractivity contribution in [3.63, 3.8) is 0 Å². The number of allylic oxidation sites excluding steroid dienone is 2. The Labute approximate surface area is 120 Å². The van der Waals surface area contributed by atoms with Crippen molar-refractivity contribution in [2.75, 3.05) is 0 Å². The topological polar surface area (TPSA) is 0 Å². The quantitative estimate of drug-likeness (QED) is 0.501. The summed E-state index contributed by atoms with van der Waals surface area (Å²) in [7, 11) is -2.41. The van der Waals surface area contributed by atoms with Crippen molar-refractivity contribution in [2.24, 2.45) is 35.5 Å². The molecule has 0 nitrogen and oxygen atoms in total. The molecule has 0 heterocycles. The van der Waals surface area contributed by atoms with Crippen LogP contribution in [-0.2, 0) is 0 Å². The summed E-state index contributed by atoms with van der Waals surface area (Å²) in [4.78, 5) is 0. The summed E-state index contributed by atoms with van der Waals surface area (Å²) >= 11 is 0. The van der Waals surface area contributed by atoms with Gasteiger partial charge in [0.1, 0.15) is 8.07 Å². The monoisotopic (exact) mass is 286 g/mol. The fourth-order valence-corrected chi connectivity index (χ4v) is 8.59. The van der Waals surface area contributed by atoms with Crippen LogP contribution in [0.5, 0.6) is 0 Å². The first-order valence-corrected chi connectivity index (χ1v) is 15.0. The molecule has 2 heteroatoms. The zero-order valence-corrected chi connectivity index (χ0v) is 15.2. The van der Waals surface area contributed by atoms with Gasteiger partial charge in [0.25, 0.3) is 0 Å². The van der Waals surface area contributed by atoms with Crippen molar-refractivity contribution in [3.8, 4) is 11.5 Å². The zero-order chi connectivity index (χ0) is 13.7. The first-order valence-electron chi connectivity index (χ1n) is 7.98. The fraction of sp³-hybridized carbons (Fsp3) is 0.765. The molecular formula is C17H26Si2. The Morgan fingerprint density at radius 1 is 0.895 bits per heavy atom. The van der Waals surface area contributed by atoms with Crippen LogP contribution in [0.4, 0.5) is 0 Å². The highest BCUT2D eigenvalue weighted by Gasteiger charge is 2.77. The molecule has 0 radical (unpaired) electrons. The maximum atomic E-state index is 3.75. The van der Waals surface area contributed by atoms with E-state index < -0.39 is 16.1 Å². The van der Waals surface area contributed by atoms with Crippen molar-refractivity contribution in [1.82, 2.24) is 0 Å². The van der Waals surface area contributed by atoms with Crippen LogP contribution in [0, 0.1) is 47.0 Å². The first kappa shape index (κ1) is 12.5. The Morgan fingerprint density at radius 2 is 1.53 bits per heavy atom. The van der Waals surface area contributed by atoms with Gasteiger partial charge in [0.05, 0.1) is 8.07 Å². The SMILES string of the molecule is C[Si](C)(C)C#CC1=C([Si](C)(C)C)C2C3CC4C(C13)C42. The summed E-state index contributed by atoms with van der Waals surface area (Å²) in [5, 5.41) is 1.91. The van der Waals surface area contributed by atoms with Gasteiger partial charge in [0.15, 0.2) is 0 Å². The van der Waals surface area contributed by atoms with Crippen molar-refractivity contribution in [3.05, 3.63) is 10.8 Å². The van der Waals surface area contributed by atoms with Gasteiger partial charge in [-0.1, -0.05) is 50.4 Å². The van der Waals surface area contributed by atoms with Crippen LogP contribution in [0.3, 0.4) is 0 Å². The molecule has 19 heavy (non-hydrogen) atoms. The molecule has 0 saturated heterocycles. The number of hydrogen-bond donors (Lipinski definition) is 0. The van der Waals surface area contributed by atoms with Crippen molar-refractivity contribution < 1.29 is 0 Å². The van der Waals surface area contributed by atoms with Gasteiger partial charge in [0, 0.05) is 5.57 Å². The predicted molar refractivity (Wildman–Crippen MR) is 87.1 cm³/mol. The van der Waals surface area contributed by atoms with E-state index in [0.29, 0.717) is 0 Å². The molecule has 0 aromatic heterocycles. The third kappa shape index (κ3) is 1.52. The van der Waals surface area contributed by atoms with Crippen LogP contribution >= 0.6 is 0 Å². The lowest BCUT2D eigenvalue weighted by atomic mass is 9.95. The maximum Gasteiger partial charge on any atom is 0.129 e. The Kier molecular flexibility index (Phi) is 2.17. The fourth-order valence-electron chi connectivity index (χ4n) is 5.64. The number of hydrogen-bond acceptors (Lipinski definition) is 0. The predicted octanol–water partition coefficient (Wildman–Crippen LogP) is 4.18. The molecule has 0 aromatic rings. The molecule has 5 aliphatic rings. The molecule has 6 bridgehead atoms. The van der Waals surface area contributed by atoms with E-state index in [4.69, 9.17) is 0 Å². The highest BCUT2D eigenvalue weighted by atomic mass is 28.3. The second-order valence-electron chi connectivity index (χ2n) is 9.35. The highest BCUT2D eigenvalue weighted by Crippen LogP contribution is 2.82. The summed E-state index contributed by atoms with van der Waals surface area (Å²) in [5.74, 6) is 10.0. The van der Waals surface area contributed by atoms with Gasteiger partial charge in [-0.3, -0.25) is 0 Å². The zero-order valence-electron chi connectivity index (χ0n) is 13.2. The van der Waals surface area contributed by atoms with E-state index in [2.05, 4.69) is 50.7 Å². The van der Waals surface area contributed by atoms with Gasteiger partial charge in [0.2, 0.25) is 0 Å². The highest BCUT2D eigenvalue weighted by molar-refractivity contribution is 6.84. The van der Waals surface area contributed by atoms with E-state index >= 15 is 0 Å². The van der Waals surface area contributed by atoms with E-state index in [0.717, 1.165) is 35.5 Å². The minimum absolute atomic E-state index is 0.922. The maximum absolute atomic E-state index is 3.75. The molecule has 4 fully saturated rings. The largest absolute Gasteiger partial charge is 0.129 e. The molecule has 6 atom stereocenters. The van der Waals surface area contributed by atoms with Gasteiger partial charge in [-0.15, -0.1) is 5.54 Å². The van der Waals surface area contributed by atoms with E-state index in [-0.39, 0.29) is 0 Å².